The minimum atomic E-state index is -0.527. The van der Waals surface area contributed by atoms with Gasteiger partial charge >= 0.3 is 0 Å². The Morgan fingerprint density at radius 3 is 2.57 bits per heavy atom. The maximum absolute atomic E-state index is 13.6. The second-order valence-corrected chi connectivity index (χ2v) is 5.75. The van der Waals surface area contributed by atoms with E-state index < -0.39 is 11.7 Å². The van der Waals surface area contributed by atoms with Crippen LogP contribution in [0, 0.1) is 11.7 Å². The lowest BCUT2D eigenvalue weighted by Crippen LogP contribution is -2.13. The average Bonchev–Trinajstić information content (AvgIpc) is 2.51. The van der Waals surface area contributed by atoms with Gasteiger partial charge in [0.2, 0.25) is 0 Å². The molecule has 0 bridgehead atoms. The number of benzene rings is 2. The number of amides is 1. The fourth-order valence-corrected chi connectivity index (χ4v) is 1.95. The van der Waals surface area contributed by atoms with Crippen molar-refractivity contribution in [2.75, 3.05) is 17.7 Å². The average molecular weight is 316 g/mol. The highest BCUT2D eigenvalue weighted by Gasteiger charge is 2.10. The van der Waals surface area contributed by atoms with Gasteiger partial charge in [-0.15, -0.1) is 0 Å². The van der Waals surface area contributed by atoms with Crippen molar-refractivity contribution in [3.05, 3.63) is 53.8 Å². The van der Waals surface area contributed by atoms with Crippen molar-refractivity contribution >= 4 is 17.3 Å². The van der Waals surface area contributed by atoms with Crippen LogP contribution in [0.2, 0.25) is 0 Å². The molecule has 2 rings (SSSR count). The molecule has 0 saturated carbocycles. The molecular formula is C18H21FN2O2. The van der Waals surface area contributed by atoms with Crippen LogP contribution >= 0.6 is 0 Å². The fourth-order valence-electron chi connectivity index (χ4n) is 1.95. The molecule has 0 aliphatic heterocycles. The molecule has 0 aliphatic carbocycles. The first-order valence-electron chi connectivity index (χ1n) is 7.55. The highest BCUT2D eigenvalue weighted by Crippen LogP contribution is 2.19. The Balaban J connectivity index is 1.98. The van der Waals surface area contributed by atoms with Gasteiger partial charge in [-0.2, -0.15) is 0 Å². The Morgan fingerprint density at radius 1 is 1.22 bits per heavy atom. The summed E-state index contributed by atoms with van der Waals surface area (Å²) >= 11 is 0. The van der Waals surface area contributed by atoms with Gasteiger partial charge in [-0.25, -0.2) is 4.39 Å². The fraction of sp³-hybridized carbons (Fsp3) is 0.278. The Kier molecular flexibility index (Phi) is 5.57. The van der Waals surface area contributed by atoms with Gasteiger partial charge in [0.1, 0.15) is 11.6 Å². The molecule has 3 N–H and O–H groups in total. The van der Waals surface area contributed by atoms with Crippen molar-refractivity contribution in [3.8, 4) is 5.75 Å². The lowest BCUT2D eigenvalue weighted by molar-refractivity contribution is 0.102. The minimum absolute atomic E-state index is 0.0623. The van der Waals surface area contributed by atoms with Crippen molar-refractivity contribution < 1.29 is 13.9 Å². The molecule has 0 atom stereocenters. The molecule has 0 radical (unpaired) electrons. The summed E-state index contributed by atoms with van der Waals surface area (Å²) in [6, 6.07) is 10.8. The van der Waals surface area contributed by atoms with E-state index in [-0.39, 0.29) is 5.69 Å². The number of halogens is 1. The predicted molar refractivity (Wildman–Crippen MR) is 90.2 cm³/mol. The van der Waals surface area contributed by atoms with Gasteiger partial charge in [0.25, 0.3) is 5.91 Å². The Labute approximate surface area is 135 Å². The first kappa shape index (κ1) is 16.8. The normalized spacial score (nSPS) is 10.6. The van der Waals surface area contributed by atoms with E-state index in [9.17, 15) is 9.18 Å². The summed E-state index contributed by atoms with van der Waals surface area (Å²) in [6.07, 6.45) is 0.969. The Bertz CT molecular complexity index is 669. The van der Waals surface area contributed by atoms with Crippen LogP contribution < -0.4 is 15.8 Å². The molecule has 2 aromatic rings. The second-order valence-electron chi connectivity index (χ2n) is 5.75. The van der Waals surface area contributed by atoms with Crippen molar-refractivity contribution in [2.24, 2.45) is 5.92 Å². The van der Waals surface area contributed by atoms with Gasteiger partial charge in [0.05, 0.1) is 12.3 Å². The quantitative estimate of drug-likeness (QED) is 0.789. The maximum Gasteiger partial charge on any atom is 0.255 e. The monoisotopic (exact) mass is 316 g/mol. The Hall–Kier alpha value is -2.56. The van der Waals surface area contributed by atoms with Crippen LogP contribution in [0.15, 0.2) is 42.5 Å². The third-order valence-corrected chi connectivity index (χ3v) is 3.32. The minimum Gasteiger partial charge on any atom is -0.494 e. The topological polar surface area (TPSA) is 64.3 Å². The molecule has 23 heavy (non-hydrogen) atoms. The highest BCUT2D eigenvalue weighted by atomic mass is 19.1. The maximum atomic E-state index is 13.6. The third kappa shape index (κ3) is 4.98. The van der Waals surface area contributed by atoms with Gasteiger partial charge in [0.15, 0.2) is 0 Å². The summed E-state index contributed by atoms with van der Waals surface area (Å²) in [4.78, 5) is 12.1. The zero-order valence-corrected chi connectivity index (χ0v) is 13.3. The van der Waals surface area contributed by atoms with E-state index in [0.29, 0.717) is 29.5 Å². The third-order valence-electron chi connectivity index (χ3n) is 3.32. The summed E-state index contributed by atoms with van der Waals surface area (Å²) in [5.74, 6) is 0.356. The van der Waals surface area contributed by atoms with E-state index in [1.165, 1.54) is 18.2 Å². The molecule has 5 heteroatoms. The van der Waals surface area contributed by atoms with E-state index in [1.807, 2.05) is 0 Å². The van der Waals surface area contributed by atoms with E-state index in [1.54, 1.807) is 24.3 Å². The number of nitrogens with two attached hydrogens (primary N) is 1. The van der Waals surface area contributed by atoms with Gasteiger partial charge in [0, 0.05) is 11.3 Å². The number of hydrogen-bond donors (Lipinski definition) is 2. The van der Waals surface area contributed by atoms with E-state index >= 15 is 0 Å². The number of rotatable bonds is 6. The number of nitrogens with one attached hydrogen (secondary N) is 1. The number of carbonyl (C=O) groups excluding carboxylic acids is 1. The second kappa shape index (κ2) is 7.63. The Morgan fingerprint density at radius 2 is 1.91 bits per heavy atom. The lowest BCUT2D eigenvalue weighted by atomic mass is 10.1. The molecule has 0 unspecified atom stereocenters. The zero-order valence-electron chi connectivity index (χ0n) is 13.3. The standard InChI is InChI=1S/C18H21FN2O2/c1-12(2)9-10-23-15-6-3-13(4-7-15)18(22)21-17-11-14(20)5-8-16(17)19/h3-8,11-12H,9-10,20H2,1-2H3,(H,21,22). The first-order valence-corrected chi connectivity index (χ1v) is 7.55. The molecule has 122 valence electrons. The molecule has 0 saturated heterocycles. The van der Waals surface area contributed by atoms with Crippen LogP contribution in [-0.2, 0) is 0 Å². The molecule has 0 aliphatic rings. The largest absolute Gasteiger partial charge is 0.494 e. The van der Waals surface area contributed by atoms with Crippen molar-refractivity contribution in [2.45, 2.75) is 20.3 Å². The summed E-state index contributed by atoms with van der Waals surface area (Å²) in [7, 11) is 0. The molecule has 0 fully saturated rings. The lowest BCUT2D eigenvalue weighted by Gasteiger charge is -2.10. The molecule has 1 amide bonds. The number of hydrogen-bond acceptors (Lipinski definition) is 3. The SMILES string of the molecule is CC(C)CCOc1ccc(C(=O)Nc2cc(N)ccc2F)cc1. The van der Waals surface area contributed by atoms with Gasteiger partial charge < -0.3 is 15.8 Å². The van der Waals surface area contributed by atoms with Gasteiger partial charge in [-0.05, 0) is 54.8 Å². The number of carbonyl (C=O) groups is 1. The summed E-state index contributed by atoms with van der Waals surface area (Å²) < 4.78 is 19.2. The summed E-state index contributed by atoms with van der Waals surface area (Å²) in [5.41, 5.74) is 6.46. The smallest absolute Gasteiger partial charge is 0.255 e. The van der Waals surface area contributed by atoms with Crippen LogP contribution in [0.4, 0.5) is 15.8 Å². The van der Waals surface area contributed by atoms with E-state index in [4.69, 9.17) is 10.5 Å². The number of ether oxygens (including phenoxy) is 1. The van der Waals surface area contributed by atoms with Crippen molar-refractivity contribution in [1.29, 1.82) is 0 Å². The summed E-state index contributed by atoms with van der Waals surface area (Å²) in [6.45, 7) is 4.90. The molecule has 2 aromatic carbocycles. The van der Waals surface area contributed by atoms with Crippen LogP contribution in [-0.4, -0.2) is 12.5 Å². The van der Waals surface area contributed by atoms with Crippen molar-refractivity contribution in [3.63, 3.8) is 0 Å². The highest BCUT2D eigenvalue weighted by molar-refractivity contribution is 6.04. The van der Waals surface area contributed by atoms with Crippen LogP contribution in [0.5, 0.6) is 5.75 Å². The molecular weight excluding hydrogens is 295 g/mol. The van der Waals surface area contributed by atoms with E-state index in [2.05, 4.69) is 19.2 Å². The van der Waals surface area contributed by atoms with Crippen molar-refractivity contribution in [1.82, 2.24) is 0 Å². The van der Waals surface area contributed by atoms with Crippen LogP contribution in [0.1, 0.15) is 30.6 Å². The zero-order chi connectivity index (χ0) is 16.8. The molecule has 4 nitrogen and oxygen atoms in total. The predicted octanol–water partition coefficient (Wildman–Crippen LogP) is 4.09. The molecule has 0 spiro atoms. The number of nitrogen functional groups attached to an aromatic ring is 1. The molecule has 0 aromatic heterocycles. The van der Waals surface area contributed by atoms with Gasteiger partial charge in [-0.3, -0.25) is 4.79 Å². The van der Waals surface area contributed by atoms with Crippen LogP contribution in [0.3, 0.4) is 0 Å². The van der Waals surface area contributed by atoms with E-state index in [0.717, 1.165) is 6.42 Å². The number of anilines is 2. The summed E-state index contributed by atoms with van der Waals surface area (Å²) in [5, 5.41) is 2.51. The first-order chi connectivity index (χ1) is 11.0. The molecule has 0 heterocycles. The van der Waals surface area contributed by atoms with Gasteiger partial charge in [-0.1, -0.05) is 13.8 Å². The van der Waals surface area contributed by atoms with Crippen LogP contribution in [0.25, 0.3) is 0 Å².